The Balaban J connectivity index is 3.39. The summed E-state index contributed by atoms with van der Waals surface area (Å²) in [5.41, 5.74) is 10.9. The summed E-state index contributed by atoms with van der Waals surface area (Å²) in [6, 6.07) is 3.40. The molecular formula is C23H30N4O2. The molecule has 0 atom stereocenters. The quantitative estimate of drug-likeness (QED) is 0.205. The third kappa shape index (κ3) is 6.53. The summed E-state index contributed by atoms with van der Waals surface area (Å²) in [6.07, 6.45) is 9.35. The van der Waals surface area contributed by atoms with Crippen molar-refractivity contribution in [3.8, 4) is 11.5 Å². The van der Waals surface area contributed by atoms with Crippen LogP contribution in [0, 0.1) is 0 Å². The number of benzene rings is 1. The van der Waals surface area contributed by atoms with Crippen LogP contribution >= 0.6 is 0 Å². The van der Waals surface area contributed by atoms with E-state index in [1.54, 1.807) is 18.3 Å². The van der Waals surface area contributed by atoms with E-state index in [9.17, 15) is 0 Å². The highest BCUT2D eigenvalue weighted by molar-refractivity contribution is 6.39. The molecule has 1 rings (SSSR count). The molecule has 6 nitrogen and oxygen atoms in total. The molecule has 0 saturated heterocycles. The van der Waals surface area contributed by atoms with Gasteiger partial charge in [-0.25, -0.2) is 0 Å². The molecule has 0 heterocycles. The fourth-order valence-corrected chi connectivity index (χ4v) is 2.45. The van der Waals surface area contributed by atoms with Crippen LogP contribution in [0.2, 0.25) is 0 Å². The highest BCUT2D eigenvalue weighted by Gasteiger charge is 2.11. The summed E-state index contributed by atoms with van der Waals surface area (Å²) < 4.78 is 10.6. The smallest absolute Gasteiger partial charge is 0.183 e. The molecule has 0 aliphatic rings. The average Bonchev–Trinajstić information content (AvgIpc) is 2.68. The first-order valence-corrected chi connectivity index (χ1v) is 8.99. The maximum Gasteiger partial charge on any atom is 0.183 e. The number of methoxy groups -OCH3 is 2. The Bertz CT molecular complexity index is 919. The van der Waals surface area contributed by atoms with Crippen molar-refractivity contribution in [3.05, 3.63) is 71.9 Å². The highest BCUT2D eigenvalue weighted by Crippen LogP contribution is 2.37. The molecule has 0 saturated carbocycles. The summed E-state index contributed by atoms with van der Waals surface area (Å²) in [6.45, 7) is 13.8. The van der Waals surface area contributed by atoms with Crippen LogP contribution in [0.15, 0.2) is 82.0 Å². The first-order valence-electron chi connectivity index (χ1n) is 8.99. The second kappa shape index (κ2) is 11.3. The average molecular weight is 395 g/mol. The standard InChI is InChI=1S/C23H30N4O2/c1-8-9-10-17(15(2)3)11-19(16(4)5)21(27-25)14-26-18-12-20(24)23(29-7)22(13-18)28-6/h8-14H,2,4,24-25H2,1,3,5-7H3/b9-8-,17-10-,19-11+,26-14?,27-21?. The number of nitrogens with zero attached hydrogens (tertiary/aromatic N) is 2. The van der Waals surface area contributed by atoms with Gasteiger partial charge in [0, 0.05) is 11.6 Å². The van der Waals surface area contributed by atoms with Crippen molar-refractivity contribution in [2.24, 2.45) is 15.9 Å². The molecule has 0 aromatic heterocycles. The van der Waals surface area contributed by atoms with Gasteiger partial charge in [0.1, 0.15) is 5.71 Å². The molecule has 1 aromatic carbocycles. The Kier molecular flexibility index (Phi) is 9.19. The van der Waals surface area contributed by atoms with E-state index >= 15 is 0 Å². The van der Waals surface area contributed by atoms with Crippen LogP contribution in [0.25, 0.3) is 0 Å². The van der Waals surface area contributed by atoms with Crippen molar-refractivity contribution in [1.29, 1.82) is 0 Å². The van der Waals surface area contributed by atoms with Gasteiger partial charge in [-0.1, -0.05) is 37.0 Å². The van der Waals surface area contributed by atoms with E-state index in [1.807, 2.05) is 45.1 Å². The summed E-state index contributed by atoms with van der Waals surface area (Å²) >= 11 is 0. The van der Waals surface area contributed by atoms with Crippen LogP contribution in [0.3, 0.4) is 0 Å². The minimum atomic E-state index is 0.416. The van der Waals surface area contributed by atoms with Crippen LogP contribution in [-0.4, -0.2) is 26.1 Å². The van der Waals surface area contributed by atoms with Crippen LogP contribution in [0.5, 0.6) is 11.5 Å². The fraction of sp³-hybridized carbons (Fsp3) is 0.217. The number of rotatable bonds is 9. The molecule has 0 spiro atoms. The van der Waals surface area contributed by atoms with Gasteiger partial charge in [-0.15, -0.1) is 0 Å². The Hall–Kier alpha value is -3.54. The third-order valence-electron chi connectivity index (χ3n) is 3.96. The normalized spacial score (nSPS) is 13.2. The molecule has 0 amide bonds. The summed E-state index contributed by atoms with van der Waals surface area (Å²) in [4.78, 5) is 4.45. The Morgan fingerprint density at radius 3 is 2.28 bits per heavy atom. The van der Waals surface area contributed by atoms with Gasteiger partial charge in [-0.05, 0) is 44.1 Å². The lowest BCUT2D eigenvalue weighted by atomic mass is 9.98. The molecular weight excluding hydrogens is 364 g/mol. The van der Waals surface area contributed by atoms with E-state index in [0.29, 0.717) is 28.6 Å². The Morgan fingerprint density at radius 2 is 1.79 bits per heavy atom. The van der Waals surface area contributed by atoms with Gasteiger partial charge in [0.15, 0.2) is 11.5 Å². The lowest BCUT2D eigenvalue weighted by molar-refractivity contribution is 0.356. The molecule has 6 heteroatoms. The maximum atomic E-state index is 6.02. The lowest BCUT2D eigenvalue weighted by Crippen LogP contribution is -2.09. The van der Waals surface area contributed by atoms with Gasteiger partial charge in [-0.3, -0.25) is 4.99 Å². The molecule has 1 aromatic rings. The third-order valence-corrected chi connectivity index (χ3v) is 3.96. The zero-order valence-corrected chi connectivity index (χ0v) is 17.8. The second-order valence-corrected chi connectivity index (χ2v) is 6.31. The lowest BCUT2D eigenvalue weighted by Gasteiger charge is -2.11. The van der Waals surface area contributed by atoms with Crippen molar-refractivity contribution in [2.75, 3.05) is 20.0 Å². The number of hydrogen-bond acceptors (Lipinski definition) is 6. The fourth-order valence-electron chi connectivity index (χ4n) is 2.45. The molecule has 0 bridgehead atoms. The first kappa shape index (κ1) is 23.5. The molecule has 0 unspecified atom stereocenters. The second-order valence-electron chi connectivity index (χ2n) is 6.31. The van der Waals surface area contributed by atoms with E-state index in [4.69, 9.17) is 21.1 Å². The zero-order chi connectivity index (χ0) is 22.0. The summed E-state index contributed by atoms with van der Waals surface area (Å²) in [7, 11) is 3.07. The van der Waals surface area contributed by atoms with E-state index in [2.05, 4.69) is 23.3 Å². The Morgan fingerprint density at radius 1 is 1.10 bits per heavy atom. The number of ether oxygens (including phenoxy) is 2. The number of hydrogen-bond donors (Lipinski definition) is 2. The van der Waals surface area contributed by atoms with Crippen molar-refractivity contribution >= 4 is 23.3 Å². The zero-order valence-electron chi connectivity index (χ0n) is 17.8. The predicted octanol–water partition coefficient (Wildman–Crippen LogP) is 4.88. The van der Waals surface area contributed by atoms with Crippen LogP contribution in [-0.2, 0) is 0 Å². The maximum absolute atomic E-state index is 6.02. The molecule has 0 fully saturated rings. The summed E-state index contributed by atoms with van der Waals surface area (Å²) in [5.74, 6) is 6.60. The van der Waals surface area contributed by atoms with Gasteiger partial charge < -0.3 is 21.1 Å². The summed E-state index contributed by atoms with van der Waals surface area (Å²) in [5, 5.41) is 3.89. The number of anilines is 1. The topological polar surface area (TPSA) is 95.2 Å². The number of nitrogens with two attached hydrogens (primary N) is 2. The SMILES string of the molecule is C=C(C)C(=C\C=C/C)/C=C(\C(=C)C)C(C=Nc1cc(N)c(OC)c(OC)c1)=NN. The van der Waals surface area contributed by atoms with Crippen molar-refractivity contribution in [2.45, 2.75) is 20.8 Å². The van der Waals surface area contributed by atoms with Crippen molar-refractivity contribution < 1.29 is 9.47 Å². The van der Waals surface area contributed by atoms with Crippen LogP contribution < -0.4 is 21.1 Å². The largest absolute Gasteiger partial charge is 0.493 e. The van der Waals surface area contributed by atoms with Gasteiger partial charge in [0.05, 0.1) is 31.8 Å². The number of allylic oxidation sites excluding steroid dienone is 8. The molecule has 154 valence electrons. The minimum Gasteiger partial charge on any atom is -0.493 e. The van der Waals surface area contributed by atoms with Gasteiger partial charge >= 0.3 is 0 Å². The highest BCUT2D eigenvalue weighted by atomic mass is 16.5. The molecule has 0 aliphatic carbocycles. The molecule has 4 N–H and O–H groups in total. The monoisotopic (exact) mass is 394 g/mol. The van der Waals surface area contributed by atoms with Crippen molar-refractivity contribution in [1.82, 2.24) is 0 Å². The van der Waals surface area contributed by atoms with Gasteiger partial charge in [-0.2, -0.15) is 5.10 Å². The van der Waals surface area contributed by atoms with Crippen LogP contribution in [0.4, 0.5) is 11.4 Å². The Labute approximate surface area is 173 Å². The number of hydrazone groups is 1. The van der Waals surface area contributed by atoms with E-state index < -0.39 is 0 Å². The number of nitrogen functional groups attached to an aromatic ring is 1. The van der Waals surface area contributed by atoms with Gasteiger partial charge in [0.25, 0.3) is 0 Å². The predicted molar refractivity (Wildman–Crippen MR) is 124 cm³/mol. The molecule has 0 radical (unpaired) electrons. The van der Waals surface area contributed by atoms with Crippen LogP contribution in [0.1, 0.15) is 20.8 Å². The first-order chi connectivity index (χ1) is 13.8. The van der Waals surface area contributed by atoms with E-state index in [-0.39, 0.29) is 0 Å². The van der Waals surface area contributed by atoms with Gasteiger partial charge in [0.2, 0.25) is 0 Å². The van der Waals surface area contributed by atoms with E-state index in [0.717, 1.165) is 22.3 Å². The molecule has 29 heavy (non-hydrogen) atoms. The van der Waals surface area contributed by atoms with E-state index in [1.165, 1.54) is 14.2 Å². The van der Waals surface area contributed by atoms with Crippen molar-refractivity contribution in [3.63, 3.8) is 0 Å². The number of aliphatic imine (C=N–C) groups is 1. The minimum absolute atomic E-state index is 0.416. The molecule has 0 aliphatic heterocycles.